The lowest BCUT2D eigenvalue weighted by Crippen LogP contribution is -2.24. The molecule has 0 saturated carbocycles. The molecule has 0 aliphatic carbocycles. The van der Waals surface area contributed by atoms with Gasteiger partial charge >= 0.3 is 5.97 Å². The summed E-state index contributed by atoms with van der Waals surface area (Å²) >= 11 is 0. The lowest BCUT2D eigenvalue weighted by atomic mass is 10.3. The Balaban J connectivity index is 3.37. The van der Waals surface area contributed by atoms with Crippen LogP contribution >= 0.6 is 0 Å². The van der Waals surface area contributed by atoms with E-state index in [4.69, 9.17) is 4.74 Å². The van der Waals surface area contributed by atoms with Crippen molar-refractivity contribution in [2.75, 3.05) is 26.2 Å². The summed E-state index contributed by atoms with van der Waals surface area (Å²) in [6.45, 7) is 10.1. The Labute approximate surface area is 93.8 Å². The second-order valence-electron chi connectivity index (χ2n) is 3.70. The monoisotopic (exact) mass is 215 g/mol. The molecule has 0 spiro atoms. The smallest absolute Gasteiger partial charge is 0.305 e. The van der Waals surface area contributed by atoms with Crippen molar-refractivity contribution in [3.63, 3.8) is 0 Å². The second-order valence-corrected chi connectivity index (χ2v) is 3.70. The number of carbonyl (C=O) groups excluding carboxylic acids is 1. The minimum atomic E-state index is -0.0457. The molecule has 3 nitrogen and oxygen atoms in total. The van der Waals surface area contributed by atoms with Crippen LogP contribution in [0.3, 0.4) is 0 Å². The molecule has 0 saturated heterocycles. The van der Waals surface area contributed by atoms with E-state index < -0.39 is 0 Å². The van der Waals surface area contributed by atoms with Crippen LogP contribution in [0.4, 0.5) is 0 Å². The molecule has 0 aromatic rings. The predicted octanol–water partition coefficient (Wildman–Crippen LogP) is 2.45. The Morgan fingerprint density at radius 1 is 1.13 bits per heavy atom. The summed E-state index contributed by atoms with van der Waals surface area (Å²) in [6, 6.07) is 0. The van der Waals surface area contributed by atoms with Gasteiger partial charge in [0, 0.05) is 6.42 Å². The van der Waals surface area contributed by atoms with Crippen LogP contribution in [0.25, 0.3) is 0 Å². The van der Waals surface area contributed by atoms with E-state index in [1.807, 2.05) is 0 Å². The quantitative estimate of drug-likeness (QED) is 0.437. The first-order chi connectivity index (χ1) is 7.24. The zero-order valence-corrected chi connectivity index (χ0v) is 10.4. The number of nitrogens with zero attached hydrogens (tertiary/aromatic N) is 1. The summed E-state index contributed by atoms with van der Waals surface area (Å²) < 4.78 is 5.07. The van der Waals surface area contributed by atoms with Crippen molar-refractivity contribution >= 4 is 5.97 Å². The Hall–Kier alpha value is -0.570. The normalized spacial score (nSPS) is 10.7. The maximum atomic E-state index is 11.2. The highest BCUT2D eigenvalue weighted by Crippen LogP contribution is 1.98. The lowest BCUT2D eigenvalue weighted by molar-refractivity contribution is -0.143. The molecule has 15 heavy (non-hydrogen) atoms. The number of esters is 1. The first-order valence-electron chi connectivity index (χ1n) is 6.12. The molecule has 0 radical (unpaired) electrons. The van der Waals surface area contributed by atoms with Crippen molar-refractivity contribution in [3.05, 3.63) is 0 Å². The third kappa shape index (κ3) is 8.43. The van der Waals surface area contributed by atoms with Gasteiger partial charge in [0.15, 0.2) is 0 Å². The third-order valence-electron chi connectivity index (χ3n) is 2.51. The summed E-state index contributed by atoms with van der Waals surface area (Å²) in [5.74, 6) is -0.0457. The van der Waals surface area contributed by atoms with Crippen LogP contribution in [-0.2, 0) is 9.53 Å². The predicted molar refractivity (Wildman–Crippen MR) is 62.9 cm³/mol. The average molecular weight is 215 g/mol. The Morgan fingerprint density at radius 2 is 1.80 bits per heavy atom. The fourth-order valence-corrected chi connectivity index (χ4v) is 1.39. The van der Waals surface area contributed by atoms with E-state index in [-0.39, 0.29) is 5.97 Å². The molecule has 0 aromatic heterocycles. The van der Waals surface area contributed by atoms with Crippen LogP contribution < -0.4 is 0 Å². The van der Waals surface area contributed by atoms with E-state index in [1.54, 1.807) is 0 Å². The van der Waals surface area contributed by atoms with Crippen molar-refractivity contribution in [1.29, 1.82) is 0 Å². The number of ether oxygens (including phenoxy) is 1. The van der Waals surface area contributed by atoms with Gasteiger partial charge in [-0.3, -0.25) is 4.79 Å². The number of hydrogen-bond donors (Lipinski definition) is 0. The van der Waals surface area contributed by atoms with Crippen molar-refractivity contribution in [1.82, 2.24) is 4.90 Å². The Bertz CT molecular complexity index is 156. The zero-order valence-electron chi connectivity index (χ0n) is 10.4. The lowest BCUT2D eigenvalue weighted by Gasteiger charge is -2.17. The van der Waals surface area contributed by atoms with Gasteiger partial charge in [0.1, 0.15) is 0 Å². The minimum absolute atomic E-state index is 0.0457. The Kier molecular flexibility index (Phi) is 9.59. The van der Waals surface area contributed by atoms with Crippen molar-refractivity contribution in [2.45, 2.75) is 46.5 Å². The van der Waals surface area contributed by atoms with Crippen LogP contribution in [0.2, 0.25) is 0 Å². The number of carbonyl (C=O) groups is 1. The standard InChI is InChI=1S/C12H25NO2/c1-4-7-11-15-12(14)9-8-10-13(5-2)6-3/h4-11H2,1-3H3. The van der Waals surface area contributed by atoms with Crippen molar-refractivity contribution < 1.29 is 9.53 Å². The topological polar surface area (TPSA) is 29.5 Å². The fraction of sp³-hybridized carbons (Fsp3) is 0.917. The molecule has 0 heterocycles. The van der Waals surface area contributed by atoms with Gasteiger partial charge in [-0.2, -0.15) is 0 Å². The highest BCUT2D eigenvalue weighted by atomic mass is 16.5. The fourth-order valence-electron chi connectivity index (χ4n) is 1.39. The number of hydrogen-bond acceptors (Lipinski definition) is 3. The van der Waals surface area contributed by atoms with Gasteiger partial charge in [-0.25, -0.2) is 0 Å². The van der Waals surface area contributed by atoms with Crippen molar-refractivity contribution in [3.8, 4) is 0 Å². The first-order valence-corrected chi connectivity index (χ1v) is 6.12. The van der Waals surface area contributed by atoms with Crippen LogP contribution in [-0.4, -0.2) is 37.1 Å². The molecular weight excluding hydrogens is 190 g/mol. The van der Waals surface area contributed by atoms with Gasteiger partial charge in [0.2, 0.25) is 0 Å². The van der Waals surface area contributed by atoms with Crippen LogP contribution in [0.1, 0.15) is 46.5 Å². The largest absolute Gasteiger partial charge is 0.466 e. The van der Waals surface area contributed by atoms with Gasteiger partial charge in [0.25, 0.3) is 0 Å². The molecule has 0 amide bonds. The third-order valence-corrected chi connectivity index (χ3v) is 2.51. The molecule has 0 rings (SSSR count). The first kappa shape index (κ1) is 14.4. The molecule has 0 bridgehead atoms. The maximum absolute atomic E-state index is 11.2. The van der Waals surface area contributed by atoms with Gasteiger partial charge in [0.05, 0.1) is 6.61 Å². The molecule has 0 N–H and O–H groups in total. The summed E-state index contributed by atoms with van der Waals surface area (Å²) in [6.07, 6.45) is 3.52. The SMILES string of the molecule is CCCCOC(=O)CCCN(CC)CC. The summed E-state index contributed by atoms with van der Waals surface area (Å²) in [7, 11) is 0. The molecule has 0 atom stereocenters. The van der Waals surface area contributed by atoms with E-state index in [1.165, 1.54) is 0 Å². The highest BCUT2D eigenvalue weighted by molar-refractivity contribution is 5.69. The van der Waals surface area contributed by atoms with E-state index in [0.29, 0.717) is 13.0 Å². The van der Waals surface area contributed by atoms with Gasteiger partial charge in [-0.05, 0) is 32.5 Å². The molecule has 0 unspecified atom stereocenters. The summed E-state index contributed by atoms with van der Waals surface area (Å²) in [5.41, 5.74) is 0. The number of unbranched alkanes of at least 4 members (excludes halogenated alkanes) is 1. The van der Waals surface area contributed by atoms with Gasteiger partial charge < -0.3 is 9.64 Å². The van der Waals surface area contributed by atoms with Crippen LogP contribution in [0, 0.1) is 0 Å². The Morgan fingerprint density at radius 3 is 2.33 bits per heavy atom. The summed E-state index contributed by atoms with van der Waals surface area (Å²) in [4.78, 5) is 13.6. The van der Waals surface area contributed by atoms with E-state index >= 15 is 0 Å². The molecule has 0 aromatic carbocycles. The van der Waals surface area contributed by atoms with Crippen LogP contribution in [0.5, 0.6) is 0 Å². The van der Waals surface area contributed by atoms with Crippen molar-refractivity contribution in [2.24, 2.45) is 0 Å². The number of rotatable bonds is 9. The second kappa shape index (κ2) is 9.97. The maximum Gasteiger partial charge on any atom is 0.305 e. The molecule has 3 heteroatoms. The highest BCUT2D eigenvalue weighted by Gasteiger charge is 2.04. The van der Waals surface area contributed by atoms with Gasteiger partial charge in [-0.1, -0.05) is 27.2 Å². The molecule has 90 valence electrons. The summed E-state index contributed by atoms with van der Waals surface area (Å²) in [5, 5.41) is 0. The van der Waals surface area contributed by atoms with E-state index in [2.05, 4.69) is 25.7 Å². The van der Waals surface area contributed by atoms with E-state index in [9.17, 15) is 4.79 Å². The molecule has 0 aliphatic heterocycles. The molecule has 0 fully saturated rings. The van der Waals surface area contributed by atoms with Gasteiger partial charge in [-0.15, -0.1) is 0 Å². The minimum Gasteiger partial charge on any atom is -0.466 e. The van der Waals surface area contributed by atoms with Crippen LogP contribution in [0.15, 0.2) is 0 Å². The molecule has 0 aliphatic rings. The average Bonchev–Trinajstić information content (AvgIpc) is 2.25. The molecular formula is C12H25NO2. The van der Waals surface area contributed by atoms with E-state index in [0.717, 1.165) is 38.9 Å². The zero-order chi connectivity index (χ0) is 11.5.